The van der Waals surface area contributed by atoms with E-state index in [0.717, 1.165) is 16.7 Å². The van der Waals surface area contributed by atoms with Crippen LogP contribution in [0.5, 0.6) is 17.2 Å². The fourth-order valence-corrected chi connectivity index (χ4v) is 2.18. The van der Waals surface area contributed by atoms with E-state index in [1.165, 1.54) is 19.3 Å². The van der Waals surface area contributed by atoms with Gasteiger partial charge in [0.05, 0.1) is 14.2 Å². The predicted molar refractivity (Wildman–Crippen MR) is 91.2 cm³/mol. The average Bonchev–Trinajstić information content (AvgIpc) is 2.59. The summed E-state index contributed by atoms with van der Waals surface area (Å²) in [4.78, 5) is 11.9. The number of hydrogen-bond donors (Lipinski definition) is 1. The number of carbonyl (C=O) groups is 1. The fraction of sp³-hybridized carbons (Fsp3) is 0.211. The standard InChI is InChI=1S/C19H20O5/c1-13-4-8-17(22-2)15(10-13)12-24-19(21)9-6-14-5-7-16(20)18(11-14)23-3/h4-11,20H,12H2,1-3H3/b9-6+. The van der Waals surface area contributed by atoms with E-state index in [1.807, 2.05) is 25.1 Å². The van der Waals surface area contributed by atoms with Crippen LogP contribution in [0.4, 0.5) is 0 Å². The Morgan fingerprint density at radius 3 is 2.54 bits per heavy atom. The molecule has 0 fully saturated rings. The van der Waals surface area contributed by atoms with Crippen LogP contribution in [0.25, 0.3) is 6.08 Å². The topological polar surface area (TPSA) is 65.0 Å². The van der Waals surface area contributed by atoms with Crippen molar-refractivity contribution in [2.24, 2.45) is 0 Å². The van der Waals surface area contributed by atoms with Gasteiger partial charge in [0.25, 0.3) is 0 Å². The molecule has 2 aromatic rings. The van der Waals surface area contributed by atoms with E-state index in [-0.39, 0.29) is 12.4 Å². The van der Waals surface area contributed by atoms with Gasteiger partial charge in [-0.15, -0.1) is 0 Å². The van der Waals surface area contributed by atoms with E-state index in [9.17, 15) is 9.90 Å². The highest BCUT2D eigenvalue weighted by molar-refractivity contribution is 5.87. The lowest BCUT2D eigenvalue weighted by molar-refractivity contribution is -0.138. The number of phenols is 1. The maximum atomic E-state index is 11.9. The summed E-state index contributed by atoms with van der Waals surface area (Å²) in [6.07, 6.45) is 2.92. The van der Waals surface area contributed by atoms with Crippen LogP contribution in [0.1, 0.15) is 16.7 Å². The second-order valence-electron chi connectivity index (χ2n) is 5.19. The highest BCUT2D eigenvalue weighted by atomic mass is 16.5. The van der Waals surface area contributed by atoms with Gasteiger partial charge in [-0.2, -0.15) is 0 Å². The molecule has 2 aromatic carbocycles. The third-order valence-electron chi connectivity index (χ3n) is 3.42. The molecule has 0 saturated heterocycles. The lowest BCUT2D eigenvalue weighted by Crippen LogP contribution is -2.02. The van der Waals surface area contributed by atoms with Crippen LogP contribution in [0, 0.1) is 6.92 Å². The molecule has 0 heterocycles. The third kappa shape index (κ3) is 4.52. The van der Waals surface area contributed by atoms with E-state index >= 15 is 0 Å². The van der Waals surface area contributed by atoms with E-state index in [2.05, 4.69) is 0 Å². The molecule has 0 aliphatic carbocycles. The number of carbonyl (C=O) groups excluding carboxylic acids is 1. The Bertz CT molecular complexity index is 749. The Morgan fingerprint density at radius 2 is 1.83 bits per heavy atom. The summed E-state index contributed by atoms with van der Waals surface area (Å²) in [5.41, 5.74) is 2.59. The molecule has 0 radical (unpaired) electrons. The number of rotatable bonds is 6. The Balaban J connectivity index is 2.00. The summed E-state index contributed by atoms with van der Waals surface area (Å²) in [5, 5.41) is 9.54. The molecule has 0 spiro atoms. The SMILES string of the molecule is COc1cc(/C=C/C(=O)OCc2cc(C)ccc2OC)ccc1O. The number of ether oxygens (including phenoxy) is 3. The molecule has 0 aliphatic heterocycles. The summed E-state index contributed by atoms with van der Waals surface area (Å²) >= 11 is 0. The predicted octanol–water partition coefficient (Wildman–Crippen LogP) is 3.47. The Morgan fingerprint density at radius 1 is 1.08 bits per heavy atom. The number of methoxy groups -OCH3 is 2. The molecule has 0 atom stereocenters. The van der Waals surface area contributed by atoms with Gasteiger partial charge in [0.2, 0.25) is 0 Å². The number of aryl methyl sites for hydroxylation is 1. The first kappa shape index (κ1) is 17.4. The highest BCUT2D eigenvalue weighted by Crippen LogP contribution is 2.26. The zero-order valence-electron chi connectivity index (χ0n) is 13.9. The van der Waals surface area contributed by atoms with Crippen LogP contribution in [-0.2, 0) is 16.1 Å². The van der Waals surface area contributed by atoms with Crippen molar-refractivity contribution in [3.63, 3.8) is 0 Å². The van der Waals surface area contributed by atoms with Crippen molar-refractivity contribution in [2.75, 3.05) is 14.2 Å². The van der Waals surface area contributed by atoms with Gasteiger partial charge in [0.15, 0.2) is 11.5 Å². The summed E-state index contributed by atoms with van der Waals surface area (Å²) < 4.78 is 15.5. The van der Waals surface area contributed by atoms with Crippen LogP contribution in [-0.4, -0.2) is 25.3 Å². The summed E-state index contributed by atoms with van der Waals surface area (Å²) in [5.74, 6) is 0.602. The van der Waals surface area contributed by atoms with Crippen LogP contribution >= 0.6 is 0 Å². The van der Waals surface area contributed by atoms with Gasteiger partial charge < -0.3 is 19.3 Å². The first-order valence-corrected chi connectivity index (χ1v) is 7.39. The van der Waals surface area contributed by atoms with Gasteiger partial charge in [-0.05, 0) is 42.8 Å². The van der Waals surface area contributed by atoms with Crippen LogP contribution < -0.4 is 9.47 Å². The molecule has 2 rings (SSSR count). The smallest absolute Gasteiger partial charge is 0.331 e. The molecule has 0 saturated carbocycles. The highest BCUT2D eigenvalue weighted by Gasteiger charge is 2.06. The Kier molecular flexibility index (Phi) is 5.84. The van der Waals surface area contributed by atoms with Gasteiger partial charge in [-0.25, -0.2) is 4.79 Å². The van der Waals surface area contributed by atoms with Crippen LogP contribution in [0.2, 0.25) is 0 Å². The Hall–Kier alpha value is -2.95. The lowest BCUT2D eigenvalue weighted by atomic mass is 10.1. The molecule has 126 valence electrons. The normalized spacial score (nSPS) is 10.6. The quantitative estimate of drug-likeness (QED) is 0.650. The molecular weight excluding hydrogens is 308 g/mol. The van der Waals surface area contributed by atoms with Crippen LogP contribution in [0.3, 0.4) is 0 Å². The number of phenolic OH excluding ortho intramolecular Hbond substituents is 1. The largest absolute Gasteiger partial charge is 0.504 e. The number of hydrogen-bond acceptors (Lipinski definition) is 5. The van der Waals surface area contributed by atoms with Crippen molar-refractivity contribution in [3.05, 3.63) is 59.2 Å². The number of benzene rings is 2. The van der Waals surface area contributed by atoms with Crippen molar-refractivity contribution < 1.29 is 24.1 Å². The van der Waals surface area contributed by atoms with Crippen molar-refractivity contribution in [2.45, 2.75) is 13.5 Å². The molecule has 0 bridgehead atoms. The van der Waals surface area contributed by atoms with Crippen molar-refractivity contribution in [1.82, 2.24) is 0 Å². The van der Waals surface area contributed by atoms with Gasteiger partial charge in [-0.1, -0.05) is 17.7 Å². The monoisotopic (exact) mass is 328 g/mol. The summed E-state index contributed by atoms with van der Waals surface area (Å²) in [6.45, 7) is 2.09. The van der Waals surface area contributed by atoms with E-state index < -0.39 is 5.97 Å². The van der Waals surface area contributed by atoms with Crippen molar-refractivity contribution in [1.29, 1.82) is 0 Å². The third-order valence-corrected chi connectivity index (χ3v) is 3.42. The minimum Gasteiger partial charge on any atom is -0.504 e. The van der Waals surface area contributed by atoms with Crippen molar-refractivity contribution in [3.8, 4) is 17.2 Å². The zero-order valence-corrected chi connectivity index (χ0v) is 13.9. The van der Waals surface area contributed by atoms with Gasteiger partial charge >= 0.3 is 5.97 Å². The van der Waals surface area contributed by atoms with E-state index in [0.29, 0.717) is 11.5 Å². The van der Waals surface area contributed by atoms with Gasteiger partial charge in [-0.3, -0.25) is 0 Å². The Labute approximate surface area is 141 Å². The molecule has 0 amide bonds. The maximum Gasteiger partial charge on any atom is 0.331 e. The maximum absolute atomic E-state index is 11.9. The minimum atomic E-state index is -0.467. The summed E-state index contributed by atoms with van der Waals surface area (Å²) in [6, 6.07) is 10.5. The molecule has 5 nitrogen and oxygen atoms in total. The second kappa shape index (κ2) is 8.06. The van der Waals surface area contributed by atoms with E-state index in [1.54, 1.807) is 25.3 Å². The van der Waals surface area contributed by atoms with Crippen molar-refractivity contribution >= 4 is 12.0 Å². The van der Waals surface area contributed by atoms with Gasteiger partial charge in [0.1, 0.15) is 12.4 Å². The summed E-state index contributed by atoms with van der Waals surface area (Å²) in [7, 11) is 3.04. The molecule has 5 heteroatoms. The zero-order chi connectivity index (χ0) is 17.5. The number of esters is 1. The molecule has 24 heavy (non-hydrogen) atoms. The first-order valence-electron chi connectivity index (χ1n) is 7.39. The number of aromatic hydroxyl groups is 1. The molecule has 0 aromatic heterocycles. The second-order valence-corrected chi connectivity index (χ2v) is 5.19. The molecule has 0 aliphatic rings. The van der Waals surface area contributed by atoms with Gasteiger partial charge in [0, 0.05) is 11.6 Å². The van der Waals surface area contributed by atoms with Crippen LogP contribution in [0.15, 0.2) is 42.5 Å². The minimum absolute atomic E-state index is 0.0452. The lowest BCUT2D eigenvalue weighted by Gasteiger charge is -2.09. The molecule has 1 N–H and O–H groups in total. The van der Waals surface area contributed by atoms with E-state index in [4.69, 9.17) is 14.2 Å². The average molecular weight is 328 g/mol. The molecular formula is C19H20O5. The fourth-order valence-electron chi connectivity index (χ4n) is 2.18. The molecule has 0 unspecified atom stereocenters. The first-order chi connectivity index (χ1) is 11.5.